The van der Waals surface area contributed by atoms with Gasteiger partial charge in [0, 0.05) is 24.8 Å². The molecule has 3 heteroatoms. The molecule has 104 valence electrons. The Hall–Kier alpha value is -1.38. The molecule has 1 aromatic heterocycles. The summed E-state index contributed by atoms with van der Waals surface area (Å²) in [5, 5.41) is 0. The highest BCUT2D eigenvalue weighted by Gasteiger charge is 2.31. The number of piperidine rings is 1. The maximum atomic E-state index is 11.4. The largest absolute Gasteiger partial charge is 0.357 e. The van der Waals surface area contributed by atoms with Crippen molar-refractivity contribution >= 4 is 11.6 Å². The van der Waals surface area contributed by atoms with E-state index in [2.05, 4.69) is 23.7 Å². The summed E-state index contributed by atoms with van der Waals surface area (Å²) in [6, 6.07) is 3.71. The van der Waals surface area contributed by atoms with E-state index in [4.69, 9.17) is 0 Å². The molecule has 0 atom stereocenters. The van der Waals surface area contributed by atoms with Crippen LogP contribution in [0.1, 0.15) is 56.8 Å². The Bertz CT molecular complexity index is 442. The smallest absolute Gasteiger partial charge is 0.159 e. The van der Waals surface area contributed by atoms with Crippen LogP contribution in [0.3, 0.4) is 0 Å². The number of hydrogen-bond donors (Lipinski definition) is 0. The molecule has 3 nitrogen and oxygen atoms in total. The summed E-state index contributed by atoms with van der Waals surface area (Å²) in [7, 11) is 0. The van der Waals surface area contributed by atoms with Crippen molar-refractivity contribution in [1.29, 1.82) is 0 Å². The number of ketones is 1. The molecule has 0 aromatic carbocycles. The predicted molar refractivity (Wildman–Crippen MR) is 78.7 cm³/mol. The van der Waals surface area contributed by atoms with Crippen molar-refractivity contribution in [2.24, 2.45) is 5.41 Å². The Balaban J connectivity index is 2.09. The lowest BCUT2D eigenvalue weighted by Gasteiger charge is -2.41. The minimum atomic E-state index is 0.108. The molecule has 19 heavy (non-hydrogen) atoms. The van der Waals surface area contributed by atoms with Crippen molar-refractivity contribution < 1.29 is 4.79 Å². The maximum Gasteiger partial charge on any atom is 0.159 e. The molecule has 0 bridgehead atoms. The number of aromatic nitrogens is 1. The highest BCUT2D eigenvalue weighted by atomic mass is 16.1. The van der Waals surface area contributed by atoms with Crippen LogP contribution in [0.4, 0.5) is 5.82 Å². The van der Waals surface area contributed by atoms with Crippen LogP contribution in [0.25, 0.3) is 0 Å². The molecule has 1 saturated heterocycles. The molecule has 2 heterocycles. The number of anilines is 1. The van der Waals surface area contributed by atoms with Gasteiger partial charge in [0.25, 0.3) is 0 Å². The summed E-state index contributed by atoms with van der Waals surface area (Å²) in [4.78, 5) is 18.2. The summed E-state index contributed by atoms with van der Waals surface area (Å²) in [6.45, 7) is 8.31. The molecule has 2 rings (SSSR count). The molecule has 0 N–H and O–H groups in total. The number of carbonyl (C=O) groups excluding carboxylic acids is 1. The second-order valence-corrected chi connectivity index (χ2v) is 5.65. The quantitative estimate of drug-likeness (QED) is 0.774. The van der Waals surface area contributed by atoms with Gasteiger partial charge >= 0.3 is 0 Å². The van der Waals surface area contributed by atoms with Crippen molar-refractivity contribution in [1.82, 2.24) is 4.98 Å². The van der Waals surface area contributed by atoms with E-state index in [-0.39, 0.29) is 5.78 Å². The molecule has 0 saturated carbocycles. The zero-order chi connectivity index (χ0) is 13.9. The molecule has 1 aromatic rings. The summed E-state index contributed by atoms with van der Waals surface area (Å²) in [6.07, 6.45) is 6.72. The first-order chi connectivity index (χ1) is 9.10. The van der Waals surface area contributed by atoms with Gasteiger partial charge in [-0.1, -0.05) is 26.7 Å². The third-order valence-electron chi connectivity index (χ3n) is 4.80. The molecule has 1 fully saturated rings. The van der Waals surface area contributed by atoms with Gasteiger partial charge in [0.2, 0.25) is 0 Å². The molecule has 1 aliphatic rings. The van der Waals surface area contributed by atoms with E-state index in [1.807, 2.05) is 6.07 Å². The van der Waals surface area contributed by atoms with Crippen molar-refractivity contribution in [3.8, 4) is 0 Å². The number of carbonyl (C=O) groups is 1. The normalized spacial score (nSPS) is 18.4. The topological polar surface area (TPSA) is 33.2 Å². The van der Waals surface area contributed by atoms with E-state index >= 15 is 0 Å². The van der Waals surface area contributed by atoms with Gasteiger partial charge in [-0.05, 0) is 37.3 Å². The molecular formula is C16H24N2O. The number of Topliss-reactive ketones (excluding diaryl/α,β-unsaturated/α-hetero) is 1. The van der Waals surface area contributed by atoms with Crippen LogP contribution in [-0.2, 0) is 0 Å². The van der Waals surface area contributed by atoms with Gasteiger partial charge in [-0.25, -0.2) is 4.98 Å². The Morgan fingerprint density at radius 3 is 2.47 bits per heavy atom. The highest BCUT2D eigenvalue weighted by Crippen LogP contribution is 2.38. The second-order valence-electron chi connectivity index (χ2n) is 5.65. The fourth-order valence-electron chi connectivity index (χ4n) is 2.98. The standard InChI is InChI=1S/C16H24N2O/c1-4-16(5-2)7-10-18(11-8-16)15-12-14(13(3)19)6-9-17-15/h6,9,12H,4-5,7-8,10-11H2,1-3H3. The first-order valence-corrected chi connectivity index (χ1v) is 7.32. The fraction of sp³-hybridized carbons (Fsp3) is 0.625. The van der Waals surface area contributed by atoms with Crippen molar-refractivity contribution in [3.63, 3.8) is 0 Å². The Labute approximate surface area is 116 Å². The zero-order valence-corrected chi connectivity index (χ0v) is 12.3. The lowest BCUT2D eigenvalue weighted by Crippen LogP contribution is -2.40. The summed E-state index contributed by atoms with van der Waals surface area (Å²) in [5.74, 6) is 1.06. The predicted octanol–water partition coefficient (Wildman–Crippen LogP) is 3.69. The first-order valence-electron chi connectivity index (χ1n) is 7.32. The van der Waals surface area contributed by atoms with Gasteiger partial charge in [-0.15, -0.1) is 0 Å². The summed E-state index contributed by atoms with van der Waals surface area (Å²) in [5.41, 5.74) is 1.28. The van der Waals surface area contributed by atoms with Gasteiger partial charge in [0.1, 0.15) is 5.82 Å². The van der Waals surface area contributed by atoms with E-state index in [9.17, 15) is 4.79 Å². The minimum Gasteiger partial charge on any atom is -0.357 e. The Morgan fingerprint density at radius 2 is 1.95 bits per heavy atom. The lowest BCUT2D eigenvalue weighted by molar-refractivity contribution is 0.101. The minimum absolute atomic E-state index is 0.108. The van der Waals surface area contributed by atoms with E-state index in [1.165, 1.54) is 25.7 Å². The molecule has 0 amide bonds. The molecule has 0 unspecified atom stereocenters. The van der Waals surface area contributed by atoms with E-state index in [1.54, 1.807) is 19.2 Å². The number of pyridine rings is 1. The van der Waals surface area contributed by atoms with E-state index in [0.717, 1.165) is 24.5 Å². The molecule has 0 aliphatic carbocycles. The number of rotatable bonds is 4. The Kier molecular flexibility index (Phi) is 4.23. The van der Waals surface area contributed by atoms with Crippen LogP contribution in [0, 0.1) is 5.41 Å². The lowest BCUT2D eigenvalue weighted by atomic mass is 9.74. The summed E-state index contributed by atoms with van der Waals surface area (Å²) >= 11 is 0. The van der Waals surface area contributed by atoms with Crippen LogP contribution in [0.15, 0.2) is 18.3 Å². The number of nitrogens with zero attached hydrogens (tertiary/aromatic N) is 2. The second kappa shape index (κ2) is 5.72. The third kappa shape index (κ3) is 2.96. The average molecular weight is 260 g/mol. The van der Waals surface area contributed by atoms with E-state index in [0.29, 0.717) is 5.41 Å². The van der Waals surface area contributed by atoms with E-state index < -0.39 is 0 Å². The maximum absolute atomic E-state index is 11.4. The number of hydrogen-bond acceptors (Lipinski definition) is 3. The van der Waals surface area contributed by atoms with Crippen LogP contribution in [0.5, 0.6) is 0 Å². The molecular weight excluding hydrogens is 236 g/mol. The third-order valence-corrected chi connectivity index (χ3v) is 4.80. The SMILES string of the molecule is CCC1(CC)CCN(c2cc(C(C)=O)ccn2)CC1. The zero-order valence-electron chi connectivity index (χ0n) is 12.3. The van der Waals surface area contributed by atoms with Gasteiger partial charge in [-0.3, -0.25) is 4.79 Å². The van der Waals surface area contributed by atoms with Crippen LogP contribution in [0.2, 0.25) is 0 Å². The van der Waals surface area contributed by atoms with Gasteiger partial charge in [0.05, 0.1) is 0 Å². The van der Waals surface area contributed by atoms with Gasteiger partial charge in [-0.2, -0.15) is 0 Å². The molecule has 0 radical (unpaired) electrons. The molecule has 1 aliphatic heterocycles. The summed E-state index contributed by atoms with van der Waals surface area (Å²) < 4.78 is 0. The van der Waals surface area contributed by atoms with Crippen LogP contribution >= 0.6 is 0 Å². The highest BCUT2D eigenvalue weighted by molar-refractivity contribution is 5.94. The van der Waals surface area contributed by atoms with Crippen LogP contribution < -0.4 is 4.90 Å². The van der Waals surface area contributed by atoms with Crippen molar-refractivity contribution in [3.05, 3.63) is 23.9 Å². The van der Waals surface area contributed by atoms with Crippen molar-refractivity contribution in [2.75, 3.05) is 18.0 Å². The average Bonchev–Trinajstić information content (AvgIpc) is 2.47. The monoisotopic (exact) mass is 260 g/mol. The van der Waals surface area contributed by atoms with Crippen molar-refractivity contribution in [2.45, 2.75) is 46.5 Å². The van der Waals surface area contributed by atoms with Gasteiger partial charge < -0.3 is 4.90 Å². The first kappa shape index (κ1) is 14.0. The van der Waals surface area contributed by atoms with Crippen LogP contribution in [-0.4, -0.2) is 23.9 Å². The molecule has 0 spiro atoms. The fourth-order valence-corrected chi connectivity index (χ4v) is 2.98. The Morgan fingerprint density at radius 1 is 1.32 bits per heavy atom. The van der Waals surface area contributed by atoms with Gasteiger partial charge in [0.15, 0.2) is 5.78 Å².